The molecule has 0 aromatic carbocycles. The van der Waals surface area contributed by atoms with Crippen molar-refractivity contribution in [1.29, 1.82) is 0 Å². The molecule has 1 heterocycles. The molecule has 4 nitrogen and oxygen atoms in total. The Morgan fingerprint density at radius 3 is 0.973 bits per heavy atom. The fourth-order valence-corrected chi connectivity index (χ4v) is 4.18. The van der Waals surface area contributed by atoms with Crippen LogP contribution in [-0.4, -0.2) is 45.8 Å². The van der Waals surface area contributed by atoms with Gasteiger partial charge in [0, 0.05) is 37.0 Å². The van der Waals surface area contributed by atoms with Crippen LogP contribution < -0.4 is 0 Å². The Hall–Kier alpha value is -1.06. The van der Waals surface area contributed by atoms with Crippen molar-refractivity contribution < 1.29 is 9.59 Å². The maximum atomic E-state index is 12.1. The summed E-state index contributed by atoms with van der Waals surface area (Å²) in [6.45, 7) is 40.7. The third-order valence-corrected chi connectivity index (χ3v) is 5.94. The summed E-state index contributed by atoms with van der Waals surface area (Å²) < 4.78 is 0. The zero-order chi connectivity index (χ0) is 30.3. The molecule has 4 heteroatoms. The van der Waals surface area contributed by atoms with Crippen molar-refractivity contribution in [3.05, 3.63) is 0 Å². The van der Waals surface area contributed by atoms with Gasteiger partial charge in [0.05, 0.1) is 0 Å². The van der Waals surface area contributed by atoms with Crippen molar-refractivity contribution in [1.82, 2.24) is 9.80 Å². The molecule has 1 rings (SSSR count). The molecule has 0 aromatic rings. The molecule has 222 valence electrons. The topological polar surface area (TPSA) is 40.6 Å². The maximum absolute atomic E-state index is 12.1. The minimum absolute atomic E-state index is 0.0584. The van der Waals surface area contributed by atoms with E-state index < -0.39 is 0 Å². The molecular weight excluding hydrogens is 456 g/mol. The quantitative estimate of drug-likeness (QED) is 0.367. The third kappa shape index (κ3) is 21.6. The lowest BCUT2D eigenvalue weighted by Gasteiger charge is -2.35. The highest BCUT2D eigenvalue weighted by Gasteiger charge is 2.40. The zero-order valence-electron chi connectivity index (χ0n) is 28.7. The van der Waals surface area contributed by atoms with Gasteiger partial charge in [0.15, 0.2) is 0 Å². The molecule has 0 aromatic heterocycles. The average Bonchev–Trinajstić information content (AvgIpc) is 2.91. The van der Waals surface area contributed by atoms with E-state index >= 15 is 0 Å². The largest absolute Gasteiger partial charge is 0.320 e. The Balaban J connectivity index is 0. The first-order valence-electron chi connectivity index (χ1n) is 14.6. The van der Waals surface area contributed by atoms with Gasteiger partial charge in [-0.3, -0.25) is 4.79 Å². The van der Waals surface area contributed by atoms with E-state index in [2.05, 4.69) is 125 Å². The van der Waals surface area contributed by atoms with E-state index in [1.54, 1.807) is 0 Å². The molecule has 0 bridgehead atoms. The summed E-state index contributed by atoms with van der Waals surface area (Å²) in [6.07, 6.45) is 5.47. The Bertz CT molecular complexity index is 625. The Morgan fingerprint density at radius 2 is 0.811 bits per heavy atom. The normalized spacial score (nSPS) is 15.7. The minimum atomic E-state index is -0.0584. The maximum Gasteiger partial charge on any atom is 0.320 e. The van der Waals surface area contributed by atoms with Crippen molar-refractivity contribution in [3.63, 3.8) is 0 Å². The van der Waals surface area contributed by atoms with Crippen LogP contribution in [0.5, 0.6) is 0 Å². The van der Waals surface area contributed by atoms with Gasteiger partial charge in [-0.15, -0.1) is 0 Å². The molecule has 1 saturated heterocycles. The molecule has 0 aliphatic carbocycles. The summed E-state index contributed by atoms with van der Waals surface area (Å²) in [6, 6.07) is 0.171. The van der Waals surface area contributed by atoms with Gasteiger partial charge in [-0.25, -0.2) is 4.79 Å². The Kier molecular flexibility index (Phi) is 14.2. The summed E-state index contributed by atoms with van der Waals surface area (Å²) in [7, 11) is 0. The Morgan fingerprint density at radius 1 is 0.541 bits per heavy atom. The number of ketones is 1. The van der Waals surface area contributed by atoms with Gasteiger partial charge in [0.2, 0.25) is 0 Å². The molecule has 0 unspecified atom stereocenters. The number of nitrogens with zero attached hydrogens (tertiary/aromatic N) is 2. The van der Waals surface area contributed by atoms with Gasteiger partial charge in [0.25, 0.3) is 0 Å². The zero-order valence-corrected chi connectivity index (χ0v) is 28.7. The van der Waals surface area contributed by atoms with Crippen LogP contribution in [0.4, 0.5) is 4.79 Å². The molecule has 1 fully saturated rings. The summed E-state index contributed by atoms with van der Waals surface area (Å²) in [5, 5.41) is 0. The first-order valence-corrected chi connectivity index (χ1v) is 14.6. The van der Waals surface area contributed by atoms with E-state index in [0.717, 1.165) is 13.1 Å². The molecule has 0 spiro atoms. The highest BCUT2D eigenvalue weighted by Crippen LogP contribution is 2.28. The smallest absolute Gasteiger partial charge is 0.318 e. The number of amides is 2. The van der Waals surface area contributed by atoms with E-state index in [0.29, 0.717) is 29.5 Å². The number of carbonyl (C=O) groups is 2. The number of hydrogen-bond donors (Lipinski definition) is 0. The second-order valence-electron chi connectivity index (χ2n) is 17.9. The van der Waals surface area contributed by atoms with E-state index in [-0.39, 0.29) is 27.9 Å². The highest BCUT2D eigenvalue weighted by atomic mass is 16.2. The standard InChI is InChI=1S/C11H22N2O.C11H22O.C11H24/c1-10(2,3)12-7-8-13(9(12)14)11(4,5)6;1-10(2,3)7-9(12)8-11(4,5)6;1-10(2,3)8-7-9-11(4,5)6/h7-8H2,1-6H3;7-8H2,1-6H3;7-9H2,1-6H3. The van der Waals surface area contributed by atoms with Crippen LogP contribution in [0.25, 0.3) is 0 Å². The van der Waals surface area contributed by atoms with Gasteiger partial charge >= 0.3 is 6.03 Å². The van der Waals surface area contributed by atoms with Gasteiger partial charge in [-0.2, -0.15) is 0 Å². The summed E-state index contributed by atoms with van der Waals surface area (Å²) in [4.78, 5) is 27.4. The van der Waals surface area contributed by atoms with Crippen molar-refractivity contribution in [3.8, 4) is 0 Å². The summed E-state index contributed by atoms with van der Waals surface area (Å²) in [5.74, 6) is 0.384. The number of urea groups is 1. The molecule has 1 aliphatic heterocycles. The van der Waals surface area contributed by atoms with E-state index in [4.69, 9.17) is 0 Å². The monoisotopic (exact) mass is 525 g/mol. The van der Waals surface area contributed by atoms with Gasteiger partial charge < -0.3 is 9.80 Å². The number of rotatable bonds is 4. The number of carbonyl (C=O) groups excluding carboxylic acids is 2. The molecule has 2 amide bonds. The summed E-state index contributed by atoms with van der Waals surface area (Å²) >= 11 is 0. The molecule has 1 aliphatic rings. The molecule has 0 saturated carbocycles. The first-order chi connectivity index (χ1) is 15.9. The number of Topliss-reactive ketones (excluding diaryl/α,β-unsaturated/α-hetero) is 1. The van der Waals surface area contributed by atoms with Gasteiger partial charge in [-0.1, -0.05) is 89.5 Å². The predicted octanol–water partition coefficient (Wildman–Crippen LogP) is 10.00. The molecule has 37 heavy (non-hydrogen) atoms. The van der Waals surface area contributed by atoms with Crippen LogP contribution >= 0.6 is 0 Å². The van der Waals surface area contributed by atoms with Crippen LogP contribution in [0.2, 0.25) is 0 Å². The molecular formula is C33H68N2O2. The fraction of sp³-hybridized carbons (Fsp3) is 0.939. The van der Waals surface area contributed by atoms with Crippen LogP contribution in [-0.2, 0) is 4.79 Å². The van der Waals surface area contributed by atoms with E-state index in [1.165, 1.54) is 19.3 Å². The van der Waals surface area contributed by atoms with Crippen molar-refractivity contribution >= 4 is 11.8 Å². The first kappa shape index (κ1) is 38.1. The lowest BCUT2D eigenvalue weighted by atomic mass is 9.83. The fourth-order valence-electron chi connectivity index (χ4n) is 4.18. The molecule has 0 N–H and O–H groups in total. The third-order valence-electron chi connectivity index (χ3n) is 5.94. The lowest BCUT2D eigenvalue weighted by molar-refractivity contribution is -0.122. The summed E-state index contributed by atoms with van der Waals surface area (Å²) in [5.41, 5.74) is 1.20. The SMILES string of the molecule is CC(C)(C)CC(=O)CC(C)(C)C.CC(C)(C)CCCC(C)(C)C.CC(C)(C)N1CCN(C(C)(C)C)C1=O. The lowest BCUT2D eigenvalue weighted by Crippen LogP contribution is -2.48. The average molecular weight is 525 g/mol. The molecule has 0 radical (unpaired) electrons. The molecule has 0 atom stereocenters. The van der Waals surface area contributed by atoms with Crippen LogP contribution in [0.3, 0.4) is 0 Å². The Labute approximate surface area is 233 Å². The predicted molar refractivity (Wildman–Crippen MR) is 164 cm³/mol. The van der Waals surface area contributed by atoms with Gasteiger partial charge in [-0.05, 0) is 76.0 Å². The van der Waals surface area contributed by atoms with Crippen molar-refractivity contribution in [2.24, 2.45) is 21.7 Å². The minimum Gasteiger partial charge on any atom is -0.318 e. The highest BCUT2D eigenvalue weighted by molar-refractivity contribution is 5.79. The van der Waals surface area contributed by atoms with Crippen LogP contribution in [0, 0.1) is 21.7 Å². The van der Waals surface area contributed by atoms with Crippen molar-refractivity contribution in [2.75, 3.05) is 13.1 Å². The van der Waals surface area contributed by atoms with E-state index in [9.17, 15) is 9.59 Å². The number of hydrogen-bond acceptors (Lipinski definition) is 2. The van der Waals surface area contributed by atoms with E-state index in [1.807, 2.05) is 9.80 Å². The van der Waals surface area contributed by atoms with Crippen LogP contribution in [0.15, 0.2) is 0 Å². The van der Waals surface area contributed by atoms with Crippen molar-refractivity contribution in [2.45, 2.75) is 168 Å². The second kappa shape index (κ2) is 13.8. The van der Waals surface area contributed by atoms with Gasteiger partial charge in [0.1, 0.15) is 5.78 Å². The second-order valence-corrected chi connectivity index (χ2v) is 17.9. The van der Waals surface area contributed by atoms with Crippen LogP contribution in [0.1, 0.15) is 157 Å².